The van der Waals surface area contributed by atoms with Gasteiger partial charge in [-0.3, -0.25) is 14.4 Å². The molecular weight excluding hydrogens is 326 g/mol. The van der Waals surface area contributed by atoms with E-state index in [1.807, 2.05) is 13.8 Å². The number of hydrogen-bond donors (Lipinski definition) is 0. The quantitative estimate of drug-likeness (QED) is 0.724. The molecule has 1 saturated heterocycles. The van der Waals surface area contributed by atoms with E-state index in [1.165, 1.54) is 24.4 Å². The van der Waals surface area contributed by atoms with Gasteiger partial charge in [0.2, 0.25) is 0 Å². The van der Waals surface area contributed by atoms with E-state index in [1.54, 1.807) is 16.9 Å². The molecule has 0 spiro atoms. The maximum Gasteiger partial charge on any atom is 0.263 e. The summed E-state index contributed by atoms with van der Waals surface area (Å²) >= 11 is 0. The lowest BCUT2D eigenvalue weighted by Gasteiger charge is -2.22. The van der Waals surface area contributed by atoms with Crippen LogP contribution < -0.4 is 4.90 Å². The Morgan fingerprint density at radius 3 is 2.80 bits per heavy atom. The van der Waals surface area contributed by atoms with Gasteiger partial charge >= 0.3 is 0 Å². The van der Waals surface area contributed by atoms with Crippen LogP contribution in [0.4, 0.5) is 5.69 Å². The minimum Gasteiger partial charge on any atom is -0.364 e. The summed E-state index contributed by atoms with van der Waals surface area (Å²) in [5.74, 6) is -0.223. The van der Waals surface area contributed by atoms with Gasteiger partial charge in [-0.1, -0.05) is 0 Å². The van der Waals surface area contributed by atoms with E-state index in [9.17, 15) is 4.79 Å². The van der Waals surface area contributed by atoms with Gasteiger partial charge in [-0.25, -0.2) is 0 Å². The van der Waals surface area contributed by atoms with Crippen LogP contribution in [0.15, 0.2) is 24.7 Å². The van der Waals surface area contributed by atoms with Crippen LogP contribution in [0.1, 0.15) is 29.0 Å². The Kier molecular flexibility index (Phi) is 5.37. The highest BCUT2D eigenvalue weighted by Gasteiger charge is 2.29. The first-order chi connectivity index (χ1) is 12.1. The van der Waals surface area contributed by atoms with Crippen LogP contribution in [0.3, 0.4) is 0 Å². The average Bonchev–Trinajstić information content (AvgIpc) is 3.29. The smallest absolute Gasteiger partial charge is 0.263 e. The van der Waals surface area contributed by atoms with Crippen molar-refractivity contribution in [3.8, 4) is 0 Å². The summed E-state index contributed by atoms with van der Waals surface area (Å²) < 4.78 is 18.0. The van der Waals surface area contributed by atoms with Crippen molar-refractivity contribution < 1.29 is 19.0 Å². The lowest BCUT2D eigenvalue weighted by atomic mass is 10.2. The number of hydrogen-bond acceptors (Lipinski definition) is 7. The zero-order valence-corrected chi connectivity index (χ0v) is 14.5. The molecule has 0 aromatic carbocycles. The second kappa shape index (κ2) is 7.68. The van der Waals surface area contributed by atoms with Crippen LogP contribution >= 0.6 is 0 Å². The third-order valence-corrected chi connectivity index (χ3v) is 4.09. The second-order valence-corrected chi connectivity index (χ2v) is 5.69. The number of carbonyl (C=O) groups is 1. The van der Waals surface area contributed by atoms with Crippen molar-refractivity contribution in [2.75, 3.05) is 32.0 Å². The summed E-state index contributed by atoms with van der Waals surface area (Å²) in [7, 11) is 1.53. The summed E-state index contributed by atoms with van der Waals surface area (Å²) in [4.78, 5) is 14.5. The van der Waals surface area contributed by atoms with Crippen molar-refractivity contribution in [1.29, 1.82) is 0 Å². The minimum atomic E-state index is -0.360. The lowest BCUT2D eigenvalue weighted by Crippen LogP contribution is -2.33. The molecule has 1 aliphatic rings. The van der Waals surface area contributed by atoms with E-state index >= 15 is 0 Å². The Balaban J connectivity index is 1.86. The first-order valence-electron chi connectivity index (χ1n) is 7.98. The molecule has 0 radical (unpaired) electrons. The Labute approximate surface area is 145 Å². The summed E-state index contributed by atoms with van der Waals surface area (Å²) in [5, 5.41) is 11.9. The van der Waals surface area contributed by atoms with Gasteiger partial charge in [-0.15, -0.1) is 0 Å². The molecular formula is C16H21N5O4. The number of nitrogens with zero attached hydrogens (tertiary/aromatic N) is 5. The van der Waals surface area contributed by atoms with Crippen molar-refractivity contribution >= 4 is 11.6 Å². The highest BCUT2D eigenvalue weighted by molar-refractivity contribution is 6.06. The van der Waals surface area contributed by atoms with Crippen molar-refractivity contribution in [1.82, 2.24) is 20.0 Å². The van der Waals surface area contributed by atoms with Gasteiger partial charge in [0.1, 0.15) is 12.8 Å². The average molecular weight is 347 g/mol. The predicted molar refractivity (Wildman–Crippen MR) is 88.1 cm³/mol. The highest BCUT2D eigenvalue weighted by atomic mass is 16.7. The Hall–Kier alpha value is -2.36. The number of aromatic nitrogens is 4. The highest BCUT2D eigenvalue weighted by Crippen LogP contribution is 2.23. The molecule has 9 nitrogen and oxygen atoms in total. The maximum atomic E-state index is 13.0. The van der Waals surface area contributed by atoms with E-state index in [0.717, 1.165) is 5.69 Å². The van der Waals surface area contributed by atoms with Crippen LogP contribution in [-0.2, 0) is 14.2 Å². The molecule has 3 rings (SSSR count). The fourth-order valence-corrected chi connectivity index (χ4v) is 2.78. The molecule has 1 fully saturated rings. The van der Waals surface area contributed by atoms with Gasteiger partial charge in [0.15, 0.2) is 6.29 Å². The van der Waals surface area contributed by atoms with E-state index < -0.39 is 0 Å². The Morgan fingerprint density at radius 2 is 2.16 bits per heavy atom. The summed E-state index contributed by atoms with van der Waals surface area (Å²) in [6.45, 7) is 5.03. The monoisotopic (exact) mass is 347 g/mol. The lowest BCUT2D eigenvalue weighted by molar-refractivity contribution is -0.0763. The van der Waals surface area contributed by atoms with Gasteiger partial charge in [-0.05, 0) is 19.9 Å². The zero-order chi connectivity index (χ0) is 17.8. The molecule has 0 N–H and O–H groups in total. The molecule has 1 unspecified atom stereocenters. The molecule has 0 aliphatic carbocycles. The van der Waals surface area contributed by atoms with Gasteiger partial charge in [0.25, 0.3) is 5.91 Å². The predicted octanol–water partition coefficient (Wildman–Crippen LogP) is 1.17. The van der Waals surface area contributed by atoms with Crippen molar-refractivity contribution in [3.05, 3.63) is 35.9 Å². The molecule has 134 valence electrons. The standard InChI is InChI=1S/C16H21N5O4/c1-11-14(9-19-21(11)12(2)16-24-6-7-25-16)15(22)20(10-23-3)13-4-5-17-18-8-13/h4-5,8-9,12,16H,6-7,10H2,1-3H3. The summed E-state index contributed by atoms with van der Waals surface area (Å²) in [5.41, 5.74) is 1.82. The fraction of sp³-hybridized carbons (Fsp3) is 0.500. The van der Waals surface area contributed by atoms with E-state index in [2.05, 4.69) is 15.3 Å². The van der Waals surface area contributed by atoms with Crippen LogP contribution in [0.2, 0.25) is 0 Å². The topological polar surface area (TPSA) is 91.6 Å². The van der Waals surface area contributed by atoms with Crippen LogP contribution in [0.5, 0.6) is 0 Å². The van der Waals surface area contributed by atoms with Gasteiger partial charge in [-0.2, -0.15) is 15.3 Å². The number of ether oxygens (including phenoxy) is 3. The van der Waals surface area contributed by atoms with Crippen LogP contribution in [0, 0.1) is 6.92 Å². The Bertz CT molecular complexity index is 715. The first kappa shape index (κ1) is 17.5. The summed E-state index contributed by atoms with van der Waals surface area (Å²) in [6, 6.07) is 1.56. The van der Waals surface area contributed by atoms with Gasteiger partial charge in [0.05, 0.1) is 43.1 Å². The van der Waals surface area contributed by atoms with E-state index in [-0.39, 0.29) is 25.0 Å². The van der Waals surface area contributed by atoms with Crippen LogP contribution in [-0.4, -0.2) is 59.2 Å². The van der Waals surface area contributed by atoms with Crippen molar-refractivity contribution in [3.63, 3.8) is 0 Å². The van der Waals surface area contributed by atoms with Crippen LogP contribution in [0.25, 0.3) is 0 Å². The molecule has 9 heteroatoms. The Morgan fingerprint density at radius 1 is 1.40 bits per heavy atom. The number of amides is 1. The molecule has 1 atom stereocenters. The zero-order valence-electron chi connectivity index (χ0n) is 14.5. The molecule has 1 amide bonds. The third kappa shape index (κ3) is 3.53. The maximum absolute atomic E-state index is 13.0. The SMILES string of the molecule is COCN(C(=O)c1cnn(C(C)C2OCCO2)c1C)c1ccnnc1. The molecule has 3 heterocycles. The van der Waals surface area contributed by atoms with Gasteiger partial charge < -0.3 is 14.2 Å². The normalized spacial score (nSPS) is 16.1. The minimum absolute atomic E-state index is 0.0968. The van der Waals surface area contributed by atoms with Crippen molar-refractivity contribution in [2.24, 2.45) is 0 Å². The third-order valence-electron chi connectivity index (χ3n) is 4.09. The molecule has 1 aliphatic heterocycles. The molecule has 25 heavy (non-hydrogen) atoms. The number of rotatable bonds is 6. The second-order valence-electron chi connectivity index (χ2n) is 5.69. The molecule has 0 saturated carbocycles. The van der Waals surface area contributed by atoms with E-state index in [0.29, 0.717) is 24.5 Å². The molecule has 2 aromatic rings. The van der Waals surface area contributed by atoms with E-state index in [4.69, 9.17) is 14.2 Å². The fourth-order valence-electron chi connectivity index (χ4n) is 2.78. The van der Waals surface area contributed by atoms with Gasteiger partial charge in [0, 0.05) is 12.8 Å². The number of methoxy groups -OCH3 is 1. The molecule has 0 bridgehead atoms. The number of anilines is 1. The first-order valence-corrected chi connectivity index (χ1v) is 7.98. The largest absolute Gasteiger partial charge is 0.364 e. The number of carbonyl (C=O) groups excluding carboxylic acids is 1. The van der Waals surface area contributed by atoms with Crippen molar-refractivity contribution in [2.45, 2.75) is 26.2 Å². The summed E-state index contributed by atoms with van der Waals surface area (Å²) in [6.07, 6.45) is 4.24. The molecule has 2 aromatic heterocycles.